The molecule has 7 rings (SSSR count). The average Bonchev–Trinajstić information content (AvgIpc) is 3.47. The zero-order valence-electron chi connectivity index (χ0n) is 19.9. The molecule has 7 atom stereocenters. The van der Waals surface area contributed by atoms with E-state index in [2.05, 4.69) is 6.07 Å². The quantitative estimate of drug-likeness (QED) is 0.531. The third-order valence-electron chi connectivity index (χ3n) is 9.50. The van der Waals surface area contributed by atoms with Crippen LogP contribution in [0.5, 0.6) is 5.75 Å². The number of piperidine rings is 1. The maximum Gasteiger partial charge on any atom is 0.323 e. The lowest BCUT2D eigenvalue weighted by Gasteiger charge is -2.62. The van der Waals surface area contributed by atoms with Crippen LogP contribution >= 0.6 is 0 Å². The standard InChI is InChI=1S/C27H34N4O4/c28-13-19-7-18-8-22(18)31(19)24(33)23(30)26-9-16-5-17(10-26)12-27(11-16,14-26)35-25(34)21(29)6-15-1-3-20(32)4-2-15/h1-4,16-19,21-23,32H,5-12,14,29-30H2/t16?,17?,18-,19+,21+,22+,23-,26?,27?/m1/s1. The Morgan fingerprint density at radius 2 is 1.80 bits per heavy atom. The maximum absolute atomic E-state index is 13.6. The fourth-order valence-electron chi connectivity index (χ4n) is 8.30. The molecule has 186 valence electrons. The molecule has 6 aliphatic rings. The van der Waals surface area contributed by atoms with Crippen molar-refractivity contribution in [3.05, 3.63) is 29.8 Å². The Morgan fingerprint density at radius 1 is 1.11 bits per heavy atom. The topological polar surface area (TPSA) is 143 Å². The Balaban J connectivity index is 1.18. The third-order valence-corrected chi connectivity index (χ3v) is 9.50. The van der Waals surface area contributed by atoms with Crippen LogP contribution in [0, 0.1) is 34.5 Å². The number of carbonyl (C=O) groups is 2. The smallest absolute Gasteiger partial charge is 0.323 e. The van der Waals surface area contributed by atoms with Gasteiger partial charge in [-0.15, -0.1) is 0 Å². The molecule has 8 nitrogen and oxygen atoms in total. The van der Waals surface area contributed by atoms with E-state index in [1.165, 1.54) is 0 Å². The molecule has 8 heteroatoms. The first-order valence-electron chi connectivity index (χ1n) is 12.9. The summed E-state index contributed by atoms with van der Waals surface area (Å²) < 4.78 is 6.21. The van der Waals surface area contributed by atoms with Crippen molar-refractivity contribution < 1.29 is 19.4 Å². The summed E-state index contributed by atoms with van der Waals surface area (Å²) in [6, 6.07) is 7.31. The molecule has 4 bridgehead atoms. The number of nitriles is 1. The maximum atomic E-state index is 13.6. The van der Waals surface area contributed by atoms with Gasteiger partial charge in [0.05, 0.1) is 12.1 Å². The number of ether oxygens (including phenoxy) is 1. The molecule has 2 unspecified atom stereocenters. The number of nitrogens with two attached hydrogens (primary N) is 2. The number of hydrogen-bond acceptors (Lipinski definition) is 7. The summed E-state index contributed by atoms with van der Waals surface area (Å²) in [5, 5.41) is 19.1. The molecule has 1 aliphatic heterocycles. The monoisotopic (exact) mass is 478 g/mol. The first-order chi connectivity index (χ1) is 16.7. The summed E-state index contributed by atoms with van der Waals surface area (Å²) in [6.07, 6.45) is 7.14. The molecule has 1 amide bonds. The number of aromatic hydroxyl groups is 1. The Kier molecular flexibility index (Phi) is 5.17. The average molecular weight is 479 g/mol. The highest BCUT2D eigenvalue weighted by molar-refractivity contribution is 5.84. The van der Waals surface area contributed by atoms with Gasteiger partial charge in [-0.3, -0.25) is 9.59 Å². The highest BCUT2D eigenvalue weighted by Crippen LogP contribution is 2.64. The number of phenols is 1. The van der Waals surface area contributed by atoms with E-state index in [1.807, 2.05) is 0 Å². The van der Waals surface area contributed by atoms with Gasteiger partial charge in [-0.25, -0.2) is 0 Å². The van der Waals surface area contributed by atoms with Crippen LogP contribution in [0.15, 0.2) is 24.3 Å². The number of amides is 1. The molecular weight excluding hydrogens is 444 g/mol. The molecule has 1 saturated heterocycles. The number of esters is 1. The fourth-order valence-corrected chi connectivity index (χ4v) is 8.30. The lowest BCUT2D eigenvalue weighted by Crippen LogP contribution is -2.66. The van der Waals surface area contributed by atoms with Gasteiger partial charge in [-0.1, -0.05) is 12.1 Å². The number of carbonyl (C=O) groups excluding carboxylic acids is 2. The molecule has 0 aromatic heterocycles. The summed E-state index contributed by atoms with van der Waals surface area (Å²) >= 11 is 0. The number of rotatable bonds is 6. The Bertz CT molecular complexity index is 1070. The molecule has 5 N–H and O–H groups in total. The number of nitrogens with zero attached hydrogens (tertiary/aromatic N) is 2. The molecule has 5 saturated carbocycles. The van der Waals surface area contributed by atoms with E-state index in [9.17, 15) is 20.0 Å². The van der Waals surface area contributed by atoms with Crippen molar-refractivity contribution >= 4 is 11.9 Å². The zero-order chi connectivity index (χ0) is 24.5. The van der Waals surface area contributed by atoms with Crippen LogP contribution in [0.25, 0.3) is 0 Å². The van der Waals surface area contributed by atoms with Crippen LogP contribution in [0.4, 0.5) is 0 Å². The first kappa shape index (κ1) is 22.8. The van der Waals surface area contributed by atoms with E-state index < -0.39 is 29.1 Å². The van der Waals surface area contributed by atoms with Crippen LogP contribution in [0.1, 0.15) is 56.9 Å². The molecule has 6 fully saturated rings. The molecule has 0 radical (unpaired) electrons. The van der Waals surface area contributed by atoms with E-state index in [4.69, 9.17) is 16.2 Å². The van der Waals surface area contributed by atoms with E-state index in [1.54, 1.807) is 29.2 Å². The fraction of sp³-hybridized carbons (Fsp3) is 0.667. The van der Waals surface area contributed by atoms with Gasteiger partial charge in [0, 0.05) is 6.04 Å². The minimum Gasteiger partial charge on any atom is -0.508 e. The zero-order valence-corrected chi connectivity index (χ0v) is 19.9. The minimum atomic E-state index is -0.799. The third kappa shape index (κ3) is 3.80. The van der Waals surface area contributed by atoms with Crippen molar-refractivity contribution in [2.75, 3.05) is 0 Å². The van der Waals surface area contributed by atoms with Crippen molar-refractivity contribution in [2.45, 2.75) is 87.6 Å². The van der Waals surface area contributed by atoms with E-state index in [-0.39, 0.29) is 23.7 Å². The van der Waals surface area contributed by atoms with Crippen molar-refractivity contribution in [2.24, 2.45) is 34.6 Å². The summed E-state index contributed by atoms with van der Waals surface area (Å²) in [5.41, 5.74) is 12.9. The predicted octanol–water partition coefficient (Wildman–Crippen LogP) is 1.98. The molecule has 5 aliphatic carbocycles. The minimum absolute atomic E-state index is 0.0889. The van der Waals surface area contributed by atoms with Gasteiger partial charge in [-0.05, 0) is 98.7 Å². The second kappa shape index (κ2) is 7.94. The number of fused-ring (bicyclic) bond motifs is 1. The first-order valence-corrected chi connectivity index (χ1v) is 12.9. The van der Waals surface area contributed by atoms with E-state index in [0.29, 0.717) is 30.6 Å². The van der Waals surface area contributed by atoms with Gasteiger partial charge in [0.2, 0.25) is 5.91 Å². The second-order valence-corrected chi connectivity index (χ2v) is 12.1. The number of benzene rings is 1. The largest absolute Gasteiger partial charge is 0.508 e. The second-order valence-electron chi connectivity index (χ2n) is 12.1. The van der Waals surface area contributed by atoms with Gasteiger partial charge in [0.15, 0.2) is 0 Å². The van der Waals surface area contributed by atoms with Crippen LogP contribution in [0.2, 0.25) is 0 Å². The van der Waals surface area contributed by atoms with Crippen molar-refractivity contribution in [1.82, 2.24) is 4.90 Å². The number of phenolic OH excluding ortho intramolecular Hbond substituents is 1. The molecule has 1 aromatic carbocycles. The van der Waals surface area contributed by atoms with E-state index >= 15 is 0 Å². The van der Waals surface area contributed by atoms with Gasteiger partial charge in [0.1, 0.15) is 23.4 Å². The Hall–Kier alpha value is -2.63. The summed E-state index contributed by atoms with van der Waals surface area (Å²) in [7, 11) is 0. The lowest BCUT2D eigenvalue weighted by molar-refractivity contribution is -0.207. The molecule has 1 heterocycles. The van der Waals surface area contributed by atoms with Crippen LogP contribution in [-0.4, -0.2) is 51.7 Å². The molecule has 0 spiro atoms. The number of likely N-dealkylation sites (tertiary alicyclic amines) is 1. The Labute approximate surface area is 205 Å². The molecule has 35 heavy (non-hydrogen) atoms. The van der Waals surface area contributed by atoms with Crippen molar-refractivity contribution in [1.29, 1.82) is 5.26 Å². The van der Waals surface area contributed by atoms with Crippen LogP contribution in [0.3, 0.4) is 0 Å². The summed E-state index contributed by atoms with van der Waals surface area (Å²) in [6.45, 7) is 0. The van der Waals surface area contributed by atoms with Crippen LogP contribution in [-0.2, 0) is 20.7 Å². The van der Waals surface area contributed by atoms with Crippen LogP contribution < -0.4 is 11.5 Å². The SMILES string of the molecule is N#C[C@@H]1C[C@@H]2C[C@@H]2N1C(=O)[C@@H](N)C12CC3CC(CC(OC(=O)[C@@H](N)Cc4ccc(O)cc4)(C3)C1)C2. The highest BCUT2D eigenvalue weighted by Gasteiger charge is 2.64. The van der Waals surface area contributed by atoms with Gasteiger partial charge in [0.25, 0.3) is 0 Å². The lowest BCUT2D eigenvalue weighted by atomic mass is 9.46. The number of hydrogen-bond donors (Lipinski definition) is 3. The van der Waals surface area contributed by atoms with Crippen molar-refractivity contribution in [3.8, 4) is 11.8 Å². The van der Waals surface area contributed by atoms with Gasteiger partial charge >= 0.3 is 5.97 Å². The van der Waals surface area contributed by atoms with E-state index in [0.717, 1.165) is 50.5 Å². The molecule has 1 aromatic rings. The predicted molar refractivity (Wildman–Crippen MR) is 126 cm³/mol. The van der Waals surface area contributed by atoms with Gasteiger partial charge < -0.3 is 26.2 Å². The highest BCUT2D eigenvalue weighted by atomic mass is 16.6. The summed E-state index contributed by atoms with van der Waals surface area (Å²) in [4.78, 5) is 28.5. The summed E-state index contributed by atoms with van der Waals surface area (Å²) in [5.74, 6) is 0.885. The molecular formula is C27H34N4O4. The normalized spacial score (nSPS) is 40.0. The van der Waals surface area contributed by atoms with Crippen molar-refractivity contribution in [3.63, 3.8) is 0 Å². The van der Waals surface area contributed by atoms with Gasteiger partial charge in [-0.2, -0.15) is 5.26 Å². The Morgan fingerprint density at radius 3 is 2.46 bits per heavy atom.